The van der Waals surface area contributed by atoms with E-state index in [2.05, 4.69) is 4.74 Å². The van der Waals surface area contributed by atoms with Crippen LogP contribution < -0.4 is 0 Å². The van der Waals surface area contributed by atoms with E-state index in [-0.39, 0.29) is 25.9 Å². The van der Waals surface area contributed by atoms with Crippen molar-refractivity contribution in [1.82, 2.24) is 0 Å². The van der Waals surface area contributed by atoms with E-state index in [1.165, 1.54) is 7.11 Å². The zero-order chi connectivity index (χ0) is 10.1. The number of hydrogen-bond acceptors (Lipinski definition) is 2. The molecule has 5 heteroatoms. The summed E-state index contributed by atoms with van der Waals surface area (Å²) >= 11 is 0. The number of aliphatic hydroxyl groups excluding tert-OH is 1. The molecule has 1 saturated carbocycles. The van der Waals surface area contributed by atoms with E-state index in [1.54, 1.807) is 0 Å². The minimum absolute atomic E-state index is 0.0299. The number of rotatable bonds is 4. The highest BCUT2D eigenvalue weighted by atomic mass is 19.4. The van der Waals surface area contributed by atoms with E-state index in [9.17, 15) is 13.2 Å². The van der Waals surface area contributed by atoms with Gasteiger partial charge in [-0.3, -0.25) is 0 Å². The molecule has 78 valence electrons. The lowest BCUT2D eigenvalue weighted by atomic mass is 9.98. The molecule has 0 aromatic rings. The summed E-state index contributed by atoms with van der Waals surface area (Å²) in [5.41, 5.74) is -1.62. The Morgan fingerprint density at radius 1 is 1.46 bits per heavy atom. The minimum Gasteiger partial charge on any atom is -0.391 e. The van der Waals surface area contributed by atoms with Crippen LogP contribution in [0.2, 0.25) is 0 Å². The van der Waals surface area contributed by atoms with Gasteiger partial charge < -0.3 is 9.84 Å². The van der Waals surface area contributed by atoms with Crippen LogP contribution in [-0.4, -0.2) is 31.1 Å². The monoisotopic (exact) mass is 198 g/mol. The maximum atomic E-state index is 12.3. The van der Waals surface area contributed by atoms with E-state index < -0.39 is 17.7 Å². The topological polar surface area (TPSA) is 29.5 Å². The van der Waals surface area contributed by atoms with Crippen molar-refractivity contribution < 1.29 is 23.0 Å². The Labute approximate surface area is 74.7 Å². The van der Waals surface area contributed by atoms with Crippen molar-refractivity contribution >= 4 is 0 Å². The first-order valence-electron chi connectivity index (χ1n) is 4.15. The molecule has 1 atom stereocenters. The Morgan fingerprint density at radius 2 is 2.00 bits per heavy atom. The van der Waals surface area contributed by atoms with Crippen LogP contribution in [0.4, 0.5) is 13.2 Å². The van der Waals surface area contributed by atoms with Gasteiger partial charge >= 0.3 is 6.18 Å². The fourth-order valence-electron chi connectivity index (χ4n) is 1.46. The third-order valence-corrected chi connectivity index (χ3v) is 2.44. The molecule has 1 aliphatic carbocycles. The van der Waals surface area contributed by atoms with Crippen LogP contribution >= 0.6 is 0 Å². The number of ether oxygens (including phenoxy) is 1. The van der Waals surface area contributed by atoms with Crippen LogP contribution in [0.15, 0.2) is 0 Å². The number of aliphatic hydroxyl groups is 1. The van der Waals surface area contributed by atoms with Gasteiger partial charge in [-0.2, -0.15) is 13.2 Å². The van der Waals surface area contributed by atoms with E-state index in [4.69, 9.17) is 5.11 Å². The second-order valence-electron chi connectivity index (χ2n) is 3.59. The zero-order valence-corrected chi connectivity index (χ0v) is 7.40. The van der Waals surface area contributed by atoms with Crippen LogP contribution in [-0.2, 0) is 4.74 Å². The summed E-state index contributed by atoms with van der Waals surface area (Å²) in [6.07, 6.45) is -5.14. The van der Waals surface area contributed by atoms with E-state index in [0.29, 0.717) is 0 Å². The number of halogens is 3. The smallest absolute Gasteiger partial charge is 0.391 e. The average Bonchev–Trinajstić information content (AvgIpc) is 2.67. The first-order valence-corrected chi connectivity index (χ1v) is 4.15. The SMILES string of the molecule is COCC(O)CC1(C(F)(F)F)CC1. The molecule has 1 fully saturated rings. The standard InChI is InChI=1S/C8H13F3O2/c1-13-5-6(12)4-7(2-3-7)8(9,10)11/h6,12H,2-5H2,1H3. The third-order valence-electron chi connectivity index (χ3n) is 2.44. The fraction of sp³-hybridized carbons (Fsp3) is 1.00. The zero-order valence-electron chi connectivity index (χ0n) is 7.40. The van der Waals surface area contributed by atoms with Gasteiger partial charge in [0, 0.05) is 7.11 Å². The molecule has 0 spiro atoms. The normalized spacial score (nSPS) is 22.8. The maximum Gasteiger partial charge on any atom is 0.394 e. The summed E-state index contributed by atoms with van der Waals surface area (Å²) in [4.78, 5) is 0. The van der Waals surface area contributed by atoms with Gasteiger partial charge in [0.1, 0.15) is 0 Å². The highest BCUT2D eigenvalue weighted by molar-refractivity contribution is 5.00. The molecule has 13 heavy (non-hydrogen) atoms. The quantitative estimate of drug-likeness (QED) is 0.745. The summed E-state index contributed by atoms with van der Waals surface area (Å²) < 4.78 is 41.6. The lowest BCUT2D eigenvalue weighted by molar-refractivity contribution is -0.196. The molecule has 0 aliphatic heterocycles. The van der Waals surface area contributed by atoms with Crippen molar-refractivity contribution in [2.24, 2.45) is 5.41 Å². The van der Waals surface area contributed by atoms with Gasteiger partial charge in [-0.25, -0.2) is 0 Å². The Balaban J connectivity index is 2.44. The molecule has 0 amide bonds. The summed E-state index contributed by atoms with van der Waals surface area (Å²) in [5, 5.41) is 9.16. The molecular formula is C8H13F3O2. The Hall–Kier alpha value is -0.290. The molecule has 1 aliphatic rings. The van der Waals surface area contributed by atoms with Gasteiger partial charge in [-0.15, -0.1) is 0 Å². The first-order chi connectivity index (χ1) is 5.91. The molecule has 0 aromatic heterocycles. The van der Waals surface area contributed by atoms with Crippen LogP contribution in [0.3, 0.4) is 0 Å². The number of alkyl halides is 3. The number of hydrogen-bond donors (Lipinski definition) is 1. The first kappa shape index (κ1) is 10.8. The lowest BCUT2D eigenvalue weighted by Gasteiger charge is -2.21. The molecule has 0 saturated heterocycles. The highest BCUT2D eigenvalue weighted by Crippen LogP contribution is 2.60. The molecule has 0 heterocycles. The van der Waals surface area contributed by atoms with Gasteiger partial charge in [-0.05, 0) is 19.3 Å². The van der Waals surface area contributed by atoms with Crippen LogP contribution in [0.5, 0.6) is 0 Å². The van der Waals surface area contributed by atoms with Gasteiger partial charge in [0.05, 0.1) is 18.1 Å². The van der Waals surface area contributed by atoms with Crippen molar-refractivity contribution in [3.63, 3.8) is 0 Å². The molecule has 0 aromatic carbocycles. The maximum absolute atomic E-state index is 12.3. The molecule has 1 rings (SSSR count). The third kappa shape index (κ3) is 2.34. The molecule has 0 radical (unpaired) electrons. The second kappa shape index (κ2) is 3.46. The lowest BCUT2D eigenvalue weighted by Crippen LogP contribution is -2.30. The van der Waals surface area contributed by atoms with Crippen molar-refractivity contribution in [1.29, 1.82) is 0 Å². The van der Waals surface area contributed by atoms with E-state index in [1.807, 2.05) is 0 Å². The minimum atomic E-state index is -4.18. The number of methoxy groups -OCH3 is 1. The van der Waals surface area contributed by atoms with E-state index >= 15 is 0 Å². The average molecular weight is 198 g/mol. The Kier molecular flexibility index (Phi) is 2.87. The van der Waals surface area contributed by atoms with Gasteiger partial charge in [0.25, 0.3) is 0 Å². The van der Waals surface area contributed by atoms with Gasteiger partial charge in [-0.1, -0.05) is 0 Å². The molecule has 0 bridgehead atoms. The van der Waals surface area contributed by atoms with Crippen LogP contribution in [0.1, 0.15) is 19.3 Å². The van der Waals surface area contributed by atoms with Crippen molar-refractivity contribution in [3.05, 3.63) is 0 Å². The second-order valence-corrected chi connectivity index (χ2v) is 3.59. The molecule has 1 unspecified atom stereocenters. The molecule has 2 nitrogen and oxygen atoms in total. The Morgan fingerprint density at radius 3 is 2.31 bits per heavy atom. The van der Waals surface area contributed by atoms with E-state index in [0.717, 1.165) is 0 Å². The van der Waals surface area contributed by atoms with Crippen molar-refractivity contribution in [2.75, 3.05) is 13.7 Å². The van der Waals surface area contributed by atoms with Crippen molar-refractivity contribution in [2.45, 2.75) is 31.5 Å². The predicted molar refractivity (Wildman–Crippen MR) is 40.2 cm³/mol. The summed E-state index contributed by atoms with van der Waals surface area (Å²) in [7, 11) is 1.36. The summed E-state index contributed by atoms with van der Waals surface area (Å²) in [6, 6.07) is 0. The van der Waals surface area contributed by atoms with Crippen LogP contribution in [0.25, 0.3) is 0 Å². The van der Waals surface area contributed by atoms with Gasteiger partial charge in [0.2, 0.25) is 0 Å². The summed E-state index contributed by atoms with van der Waals surface area (Å²) in [6.45, 7) is -0.0299. The van der Waals surface area contributed by atoms with Crippen LogP contribution in [0, 0.1) is 5.41 Å². The molecule has 1 N–H and O–H groups in total. The van der Waals surface area contributed by atoms with Gasteiger partial charge in [0.15, 0.2) is 0 Å². The molecular weight excluding hydrogens is 185 g/mol. The summed E-state index contributed by atoms with van der Waals surface area (Å²) in [5.74, 6) is 0. The Bertz CT molecular complexity index is 175. The highest BCUT2D eigenvalue weighted by Gasteiger charge is 2.63. The fourth-order valence-corrected chi connectivity index (χ4v) is 1.46. The van der Waals surface area contributed by atoms with Crippen molar-refractivity contribution in [3.8, 4) is 0 Å². The largest absolute Gasteiger partial charge is 0.394 e. The predicted octanol–water partition coefficient (Wildman–Crippen LogP) is 1.73.